The highest BCUT2D eigenvalue weighted by Crippen LogP contribution is 2.29. The van der Waals surface area contributed by atoms with Crippen LogP contribution in [0, 0.1) is 0 Å². The lowest BCUT2D eigenvalue weighted by Crippen LogP contribution is -2.38. The van der Waals surface area contributed by atoms with Crippen LogP contribution in [0.1, 0.15) is 0 Å². The number of halogens is 3. The van der Waals surface area contributed by atoms with Gasteiger partial charge in [-0.2, -0.15) is 0 Å². The Morgan fingerprint density at radius 3 is 2.30 bits per heavy atom. The summed E-state index contributed by atoms with van der Waals surface area (Å²) in [5.74, 6) is -0.811. The van der Waals surface area contributed by atoms with E-state index in [9.17, 15) is 13.2 Å². The second kappa shape index (κ2) is 6.97. The second-order valence-electron chi connectivity index (χ2n) is 4.53. The van der Waals surface area contributed by atoms with Gasteiger partial charge in [0.1, 0.15) is 6.54 Å². The van der Waals surface area contributed by atoms with Gasteiger partial charge in [-0.05, 0) is 36.4 Å². The van der Waals surface area contributed by atoms with Gasteiger partial charge in [0.05, 0.1) is 20.6 Å². The Morgan fingerprint density at radius 1 is 1.04 bits per heavy atom. The number of anilines is 1. The van der Waals surface area contributed by atoms with Gasteiger partial charge in [-0.25, -0.2) is 8.42 Å². The fourth-order valence-corrected chi connectivity index (χ4v) is 3.85. The van der Waals surface area contributed by atoms with Crippen LogP contribution in [0.2, 0.25) is 15.1 Å². The van der Waals surface area contributed by atoms with Crippen molar-refractivity contribution >= 4 is 56.4 Å². The highest BCUT2D eigenvalue weighted by Gasteiger charge is 2.27. The standard InChI is InChI=1S/C14H11Cl3N2O3S/c15-9-2-1-3-10(6-9)19(8-14(18)20)23(21,22)11-4-5-12(16)13(17)7-11/h1-7H,8H2,(H2,18,20). The Bertz CT molecular complexity index is 856. The minimum Gasteiger partial charge on any atom is -0.368 e. The molecule has 1 amide bonds. The lowest BCUT2D eigenvalue weighted by Gasteiger charge is -2.23. The number of hydrogen-bond donors (Lipinski definition) is 1. The molecular weight excluding hydrogens is 383 g/mol. The molecule has 2 aromatic rings. The number of rotatable bonds is 5. The third kappa shape index (κ3) is 4.09. The number of hydrogen-bond acceptors (Lipinski definition) is 3. The summed E-state index contributed by atoms with van der Waals surface area (Å²) in [6.45, 7) is -0.539. The van der Waals surface area contributed by atoms with Crippen LogP contribution in [-0.2, 0) is 14.8 Å². The fraction of sp³-hybridized carbons (Fsp3) is 0.0714. The number of sulfonamides is 1. The molecule has 0 aliphatic carbocycles. The van der Waals surface area contributed by atoms with Gasteiger partial charge in [-0.1, -0.05) is 40.9 Å². The summed E-state index contributed by atoms with van der Waals surface area (Å²) in [6.07, 6.45) is 0. The number of benzene rings is 2. The largest absolute Gasteiger partial charge is 0.368 e. The third-order valence-electron chi connectivity index (χ3n) is 2.87. The van der Waals surface area contributed by atoms with E-state index in [1.54, 1.807) is 12.1 Å². The molecule has 0 fully saturated rings. The van der Waals surface area contributed by atoms with E-state index >= 15 is 0 Å². The summed E-state index contributed by atoms with van der Waals surface area (Å²) in [5, 5.41) is 0.619. The molecule has 9 heteroatoms. The molecule has 0 bridgehead atoms. The van der Waals surface area contributed by atoms with E-state index in [1.807, 2.05) is 0 Å². The first-order valence-electron chi connectivity index (χ1n) is 6.23. The normalized spacial score (nSPS) is 11.3. The molecule has 0 unspecified atom stereocenters. The molecular formula is C14H11Cl3N2O3S. The van der Waals surface area contributed by atoms with Gasteiger partial charge in [0, 0.05) is 5.02 Å². The van der Waals surface area contributed by atoms with Crippen LogP contribution in [0.5, 0.6) is 0 Å². The lowest BCUT2D eigenvalue weighted by molar-refractivity contribution is -0.116. The number of carbonyl (C=O) groups excluding carboxylic acids is 1. The van der Waals surface area contributed by atoms with Crippen LogP contribution in [0.25, 0.3) is 0 Å². The minimum absolute atomic E-state index is 0.0814. The highest BCUT2D eigenvalue weighted by atomic mass is 35.5. The molecule has 2 aromatic carbocycles. The topological polar surface area (TPSA) is 80.5 Å². The molecule has 23 heavy (non-hydrogen) atoms. The van der Waals surface area contributed by atoms with Crippen LogP contribution in [0.15, 0.2) is 47.4 Å². The zero-order valence-corrected chi connectivity index (χ0v) is 14.6. The van der Waals surface area contributed by atoms with Crippen LogP contribution in [-0.4, -0.2) is 20.9 Å². The maximum absolute atomic E-state index is 12.8. The molecule has 5 nitrogen and oxygen atoms in total. The lowest BCUT2D eigenvalue weighted by atomic mass is 10.3. The van der Waals surface area contributed by atoms with Crippen LogP contribution < -0.4 is 10.0 Å². The first-order valence-corrected chi connectivity index (χ1v) is 8.81. The Hall–Kier alpha value is -1.47. The van der Waals surface area contributed by atoms with E-state index in [0.717, 1.165) is 4.31 Å². The molecule has 0 aliphatic rings. The van der Waals surface area contributed by atoms with Gasteiger partial charge in [0.15, 0.2) is 0 Å². The van der Waals surface area contributed by atoms with Crippen molar-refractivity contribution in [2.75, 3.05) is 10.8 Å². The van der Waals surface area contributed by atoms with Gasteiger partial charge < -0.3 is 5.73 Å². The predicted octanol–water partition coefficient (Wildman–Crippen LogP) is 3.33. The van der Waals surface area contributed by atoms with E-state index < -0.39 is 22.5 Å². The van der Waals surface area contributed by atoms with Gasteiger partial charge in [0.25, 0.3) is 10.0 Å². The monoisotopic (exact) mass is 392 g/mol. The molecule has 122 valence electrons. The highest BCUT2D eigenvalue weighted by molar-refractivity contribution is 7.92. The molecule has 2 rings (SSSR count). The first kappa shape index (κ1) is 17.9. The van der Waals surface area contributed by atoms with Crippen molar-refractivity contribution in [2.45, 2.75) is 4.90 Å². The molecule has 0 spiro atoms. The van der Waals surface area contributed by atoms with E-state index in [1.165, 1.54) is 30.3 Å². The van der Waals surface area contributed by atoms with Gasteiger partial charge in [0.2, 0.25) is 5.91 Å². The average Bonchev–Trinajstić information content (AvgIpc) is 2.47. The van der Waals surface area contributed by atoms with E-state index in [0.29, 0.717) is 5.02 Å². The number of carbonyl (C=O) groups is 1. The predicted molar refractivity (Wildman–Crippen MR) is 91.6 cm³/mol. The van der Waals surface area contributed by atoms with Crippen molar-refractivity contribution in [1.82, 2.24) is 0 Å². The Morgan fingerprint density at radius 2 is 1.74 bits per heavy atom. The van der Waals surface area contributed by atoms with Crippen LogP contribution in [0.4, 0.5) is 5.69 Å². The summed E-state index contributed by atoms with van der Waals surface area (Å²) in [4.78, 5) is 11.2. The van der Waals surface area contributed by atoms with Gasteiger partial charge in [-0.3, -0.25) is 9.10 Å². The number of amides is 1. The van der Waals surface area contributed by atoms with E-state index in [4.69, 9.17) is 40.5 Å². The summed E-state index contributed by atoms with van der Waals surface area (Å²) in [6, 6.07) is 9.93. The fourth-order valence-electron chi connectivity index (χ4n) is 1.85. The average molecular weight is 394 g/mol. The minimum atomic E-state index is -4.07. The van der Waals surface area contributed by atoms with Crippen molar-refractivity contribution in [2.24, 2.45) is 5.73 Å². The second-order valence-corrected chi connectivity index (χ2v) is 7.65. The van der Waals surface area contributed by atoms with Gasteiger partial charge in [-0.15, -0.1) is 0 Å². The third-order valence-corrected chi connectivity index (χ3v) is 5.62. The smallest absolute Gasteiger partial charge is 0.264 e. The Balaban J connectivity index is 2.57. The van der Waals surface area contributed by atoms with E-state index in [-0.39, 0.29) is 20.6 Å². The van der Waals surface area contributed by atoms with Crippen molar-refractivity contribution in [3.8, 4) is 0 Å². The zero-order chi connectivity index (χ0) is 17.2. The van der Waals surface area contributed by atoms with Crippen molar-refractivity contribution < 1.29 is 13.2 Å². The number of nitrogens with two attached hydrogens (primary N) is 1. The number of primary amides is 1. The summed E-state index contributed by atoms with van der Waals surface area (Å²) < 4.78 is 26.5. The SMILES string of the molecule is NC(=O)CN(c1cccc(Cl)c1)S(=O)(=O)c1ccc(Cl)c(Cl)c1. The number of nitrogens with zero attached hydrogens (tertiary/aromatic N) is 1. The molecule has 0 saturated carbocycles. The van der Waals surface area contributed by atoms with Crippen molar-refractivity contribution in [3.63, 3.8) is 0 Å². The maximum Gasteiger partial charge on any atom is 0.264 e. The Kier molecular flexibility index (Phi) is 5.41. The van der Waals surface area contributed by atoms with E-state index in [2.05, 4.69) is 0 Å². The van der Waals surface area contributed by atoms with Crippen molar-refractivity contribution in [3.05, 3.63) is 57.5 Å². The summed E-state index contributed by atoms with van der Waals surface area (Å²) in [7, 11) is -4.07. The molecule has 0 aliphatic heterocycles. The van der Waals surface area contributed by atoms with Gasteiger partial charge >= 0.3 is 0 Å². The summed E-state index contributed by atoms with van der Waals surface area (Å²) in [5.41, 5.74) is 5.38. The quantitative estimate of drug-likeness (QED) is 0.846. The zero-order valence-electron chi connectivity index (χ0n) is 11.5. The summed E-state index contributed by atoms with van der Waals surface area (Å²) >= 11 is 17.6. The molecule has 0 atom stereocenters. The molecule has 0 heterocycles. The molecule has 0 radical (unpaired) electrons. The van der Waals surface area contributed by atoms with Crippen LogP contribution >= 0.6 is 34.8 Å². The Labute approximate surface area is 148 Å². The molecule has 0 aromatic heterocycles. The van der Waals surface area contributed by atoms with Crippen LogP contribution in [0.3, 0.4) is 0 Å². The first-order chi connectivity index (χ1) is 10.7. The maximum atomic E-state index is 12.8. The molecule has 0 saturated heterocycles. The van der Waals surface area contributed by atoms with Crippen molar-refractivity contribution in [1.29, 1.82) is 0 Å². The molecule has 2 N–H and O–H groups in total.